The lowest BCUT2D eigenvalue weighted by molar-refractivity contribution is 0.183. The minimum absolute atomic E-state index is 0.206. The van der Waals surface area contributed by atoms with Crippen LogP contribution in [0.4, 0.5) is 28.4 Å². The van der Waals surface area contributed by atoms with Crippen LogP contribution >= 0.6 is 0 Å². The number of hydrogen-bond acceptors (Lipinski definition) is 3. The molecule has 14 rings (SSSR count). The molecule has 1 aliphatic heterocycles. The standard InChI is InChI=1S/C77H64N2O/c1-7-19-59(20-8-1)72-73(60-21-9-2-10-22-60)75(72)62-37-31-54(32-38-62)55-33-39-63(40-34-55)76-74(61-23-11-3-12-24-61)77(76)64-41-35-56(36-42-64)57-43-47-69(48-44-57)79(67-29-17-6-18-30-67)70-51-52-71(80-53-70)58-45-49-68(50-46-58)78(65-25-13-4-14-26-65)66-27-15-5-16-28-66/h1-23,25-33,35-53,55,61,71-77H,24,34H2. The van der Waals surface area contributed by atoms with Crippen molar-refractivity contribution in [1.82, 2.24) is 0 Å². The molecule has 0 saturated heterocycles. The van der Waals surface area contributed by atoms with Gasteiger partial charge in [-0.2, -0.15) is 0 Å². The fourth-order valence-corrected chi connectivity index (χ4v) is 13.5. The number of ether oxygens (including phenoxy) is 1. The van der Waals surface area contributed by atoms with Crippen LogP contribution in [-0.4, -0.2) is 0 Å². The summed E-state index contributed by atoms with van der Waals surface area (Å²) in [6.07, 6.45) is 25.0. The highest BCUT2D eigenvalue weighted by molar-refractivity contribution is 5.77. The summed E-state index contributed by atoms with van der Waals surface area (Å²) in [7, 11) is 0. The molecule has 8 atom stereocenters. The van der Waals surface area contributed by atoms with Crippen LogP contribution in [0.5, 0.6) is 0 Å². The van der Waals surface area contributed by atoms with E-state index < -0.39 is 0 Å². The quantitative estimate of drug-likeness (QED) is 0.102. The molecule has 2 fully saturated rings. The Morgan fingerprint density at radius 2 is 0.787 bits per heavy atom. The Kier molecular flexibility index (Phi) is 13.5. The third-order valence-corrected chi connectivity index (χ3v) is 17.5. The maximum atomic E-state index is 6.53. The van der Waals surface area contributed by atoms with Gasteiger partial charge in [-0.05, 0) is 177 Å². The largest absolute Gasteiger partial charge is 0.487 e. The van der Waals surface area contributed by atoms with Gasteiger partial charge in [0.05, 0.1) is 5.70 Å². The second-order valence-corrected chi connectivity index (χ2v) is 22.2. The second kappa shape index (κ2) is 21.9. The predicted molar refractivity (Wildman–Crippen MR) is 331 cm³/mol. The Bertz CT molecular complexity index is 3670. The van der Waals surface area contributed by atoms with Crippen LogP contribution in [0, 0.1) is 17.8 Å². The summed E-state index contributed by atoms with van der Waals surface area (Å²) >= 11 is 0. The number of hydrogen-bond donors (Lipinski definition) is 0. The van der Waals surface area contributed by atoms with Gasteiger partial charge in [0.1, 0.15) is 12.4 Å². The molecule has 0 N–H and O–H groups in total. The van der Waals surface area contributed by atoms with Gasteiger partial charge >= 0.3 is 0 Å². The number of nitrogens with zero attached hydrogens (tertiary/aromatic N) is 2. The monoisotopic (exact) mass is 1030 g/mol. The summed E-state index contributed by atoms with van der Waals surface area (Å²) in [5, 5.41) is 0. The molecule has 9 aromatic rings. The molecule has 8 unspecified atom stereocenters. The summed E-state index contributed by atoms with van der Waals surface area (Å²) in [5.74, 6) is 4.08. The normalized spacial score (nSPS) is 23.3. The molecule has 9 aromatic carbocycles. The fraction of sp³-hybridized carbons (Fsp3) is 0.143. The molecule has 0 spiro atoms. The second-order valence-electron chi connectivity index (χ2n) is 22.2. The van der Waals surface area contributed by atoms with E-state index in [-0.39, 0.29) is 6.10 Å². The lowest BCUT2D eigenvalue weighted by atomic mass is 9.86. The summed E-state index contributed by atoms with van der Waals surface area (Å²) in [4.78, 5) is 4.55. The zero-order valence-electron chi connectivity index (χ0n) is 44.9. The molecule has 0 amide bonds. The molecule has 5 aliphatic rings. The first-order chi connectivity index (χ1) is 39.7. The van der Waals surface area contributed by atoms with E-state index in [2.05, 4.69) is 313 Å². The minimum atomic E-state index is -0.206. The summed E-state index contributed by atoms with van der Waals surface area (Å²) < 4.78 is 6.53. The van der Waals surface area contributed by atoms with E-state index in [0.717, 1.165) is 52.5 Å². The number of rotatable bonds is 15. The molecule has 2 saturated carbocycles. The molecule has 80 heavy (non-hydrogen) atoms. The van der Waals surface area contributed by atoms with Gasteiger partial charge in [-0.1, -0.05) is 231 Å². The van der Waals surface area contributed by atoms with Crippen LogP contribution in [0.15, 0.2) is 321 Å². The number of anilines is 5. The van der Waals surface area contributed by atoms with Gasteiger partial charge in [0.15, 0.2) is 0 Å². The van der Waals surface area contributed by atoms with Crippen LogP contribution in [0.1, 0.15) is 81.9 Å². The summed E-state index contributed by atoms with van der Waals surface area (Å²) in [6.45, 7) is 0. The van der Waals surface area contributed by atoms with Crippen molar-refractivity contribution in [2.24, 2.45) is 17.8 Å². The van der Waals surface area contributed by atoms with Crippen molar-refractivity contribution in [3.63, 3.8) is 0 Å². The molecule has 388 valence electrons. The summed E-state index contributed by atoms with van der Waals surface area (Å²) in [6, 6.07) is 90.7. The van der Waals surface area contributed by atoms with Crippen LogP contribution in [0.3, 0.4) is 0 Å². The van der Waals surface area contributed by atoms with Crippen LogP contribution in [0.2, 0.25) is 0 Å². The van der Waals surface area contributed by atoms with Crippen molar-refractivity contribution in [3.8, 4) is 11.1 Å². The Morgan fingerprint density at radius 3 is 1.30 bits per heavy atom. The van der Waals surface area contributed by atoms with E-state index in [1.807, 2.05) is 6.26 Å². The third kappa shape index (κ3) is 9.90. The average molecular weight is 1030 g/mol. The van der Waals surface area contributed by atoms with E-state index in [9.17, 15) is 0 Å². The average Bonchev–Trinajstić information content (AvgIpc) is 4.49. The first-order valence-corrected chi connectivity index (χ1v) is 28.7. The van der Waals surface area contributed by atoms with E-state index >= 15 is 0 Å². The molecule has 3 heteroatoms. The first-order valence-electron chi connectivity index (χ1n) is 28.7. The minimum Gasteiger partial charge on any atom is -0.487 e. The van der Waals surface area contributed by atoms with Crippen LogP contribution < -0.4 is 9.80 Å². The van der Waals surface area contributed by atoms with E-state index in [4.69, 9.17) is 4.74 Å². The van der Waals surface area contributed by atoms with Crippen LogP contribution in [-0.2, 0) is 4.74 Å². The topological polar surface area (TPSA) is 15.7 Å². The molecule has 0 bridgehead atoms. The Labute approximate surface area is 472 Å². The molecule has 0 aromatic heterocycles. The highest BCUT2D eigenvalue weighted by Crippen LogP contribution is 2.66. The van der Waals surface area contributed by atoms with Gasteiger partial charge < -0.3 is 14.5 Å². The van der Waals surface area contributed by atoms with Crippen molar-refractivity contribution in [1.29, 1.82) is 0 Å². The zero-order valence-corrected chi connectivity index (χ0v) is 44.9. The lowest BCUT2D eigenvalue weighted by Crippen LogP contribution is -2.18. The first kappa shape index (κ1) is 49.1. The number of benzene rings is 9. The highest BCUT2D eigenvalue weighted by atomic mass is 16.5. The van der Waals surface area contributed by atoms with Gasteiger partial charge in [0, 0.05) is 34.4 Å². The molecule has 3 nitrogen and oxygen atoms in total. The SMILES string of the molecule is C1=CCC(C2C(C3=CCC(c4ccc(C5C(c6ccccc6)C5c5ccccc5)cc4)C=C3)C2c2ccc(-c3ccc(N(C4=COC(c5ccc(N(c6ccccc6)c6ccccc6)cc5)C=C4)c4ccccc4)cc3)cc2)C=C1. The van der Waals surface area contributed by atoms with Crippen molar-refractivity contribution >= 4 is 28.4 Å². The molecule has 0 radical (unpaired) electrons. The molecular weight excluding hydrogens is 969 g/mol. The maximum Gasteiger partial charge on any atom is 0.142 e. The third-order valence-electron chi connectivity index (χ3n) is 17.5. The van der Waals surface area contributed by atoms with E-state index in [1.54, 1.807) is 0 Å². The Balaban J connectivity index is 0.651. The fourth-order valence-electron chi connectivity index (χ4n) is 13.5. The smallest absolute Gasteiger partial charge is 0.142 e. The van der Waals surface area contributed by atoms with Crippen molar-refractivity contribution in [2.75, 3.05) is 9.80 Å². The summed E-state index contributed by atoms with van der Waals surface area (Å²) in [5.41, 5.74) is 18.7. The van der Waals surface area contributed by atoms with Gasteiger partial charge in [0.2, 0.25) is 0 Å². The van der Waals surface area contributed by atoms with Gasteiger partial charge in [-0.15, -0.1) is 0 Å². The molecule has 1 heterocycles. The van der Waals surface area contributed by atoms with E-state index in [0.29, 0.717) is 47.3 Å². The Morgan fingerprint density at radius 1 is 0.338 bits per heavy atom. The maximum absolute atomic E-state index is 6.53. The lowest BCUT2D eigenvalue weighted by Gasteiger charge is -2.29. The highest BCUT2D eigenvalue weighted by Gasteiger charge is 2.55. The van der Waals surface area contributed by atoms with E-state index in [1.165, 1.54) is 44.5 Å². The van der Waals surface area contributed by atoms with Gasteiger partial charge in [-0.3, -0.25) is 0 Å². The number of para-hydroxylation sites is 3. The Hall–Kier alpha value is -9.18. The predicted octanol–water partition coefficient (Wildman–Crippen LogP) is 19.9. The van der Waals surface area contributed by atoms with Crippen LogP contribution in [0.25, 0.3) is 11.1 Å². The van der Waals surface area contributed by atoms with Gasteiger partial charge in [0.25, 0.3) is 0 Å². The number of allylic oxidation sites excluding steroid dienone is 9. The van der Waals surface area contributed by atoms with Crippen molar-refractivity contribution in [3.05, 3.63) is 354 Å². The van der Waals surface area contributed by atoms with Crippen molar-refractivity contribution in [2.45, 2.75) is 48.5 Å². The molecule has 4 aliphatic carbocycles. The zero-order chi connectivity index (χ0) is 53.2. The molecular formula is C77H64N2O. The van der Waals surface area contributed by atoms with Gasteiger partial charge in [-0.25, -0.2) is 0 Å². The van der Waals surface area contributed by atoms with Crippen molar-refractivity contribution < 1.29 is 4.74 Å².